The minimum absolute atomic E-state index is 0.186. The van der Waals surface area contributed by atoms with Crippen LogP contribution >= 0.6 is 0 Å². The summed E-state index contributed by atoms with van der Waals surface area (Å²) in [6.45, 7) is 19.4. The third-order valence-electron chi connectivity index (χ3n) is 6.10. The molecule has 0 aromatic rings. The molecule has 0 radical (unpaired) electrons. The number of nitrogens with one attached hydrogen (secondary N) is 1. The van der Waals surface area contributed by atoms with Crippen molar-refractivity contribution in [1.29, 1.82) is 5.26 Å². The number of hydrazone groups is 1. The van der Waals surface area contributed by atoms with E-state index < -0.39 is 0 Å². The van der Waals surface area contributed by atoms with Gasteiger partial charge in [-0.3, -0.25) is 5.01 Å². The van der Waals surface area contributed by atoms with E-state index >= 15 is 0 Å². The summed E-state index contributed by atoms with van der Waals surface area (Å²) in [7, 11) is 1.69. The van der Waals surface area contributed by atoms with Crippen LogP contribution < -0.4 is 5.48 Å². The molecular weight excluding hydrogens is 493 g/mol. The van der Waals surface area contributed by atoms with E-state index in [2.05, 4.69) is 43.5 Å². The van der Waals surface area contributed by atoms with Crippen molar-refractivity contribution in [3.63, 3.8) is 0 Å². The summed E-state index contributed by atoms with van der Waals surface area (Å²) in [6, 6.07) is 2.19. The Labute approximate surface area is 238 Å². The summed E-state index contributed by atoms with van der Waals surface area (Å²) in [4.78, 5) is 11.2. The van der Waals surface area contributed by atoms with E-state index in [0.29, 0.717) is 36.4 Å². The topological polar surface area (TPSA) is 73.1 Å². The molecule has 2 unspecified atom stereocenters. The molecule has 0 aromatic heterocycles. The zero-order chi connectivity index (χ0) is 30.1. The summed E-state index contributed by atoms with van der Waals surface area (Å²) in [5.41, 5.74) is 3.93. The Morgan fingerprint density at radius 3 is 2.41 bits per heavy atom. The molecule has 2 atom stereocenters. The Balaban J connectivity index is 0. The van der Waals surface area contributed by atoms with Crippen molar-refractivity contribution in [3.8, 4) is 6.07 Å². The third kappa shape index (κ3) is 19.8. The highest BCUT2D eigenvalue weighted by atomic mass is 19.1. The van der Waals surface area contributed by atoms with Crippen LogP contribution in [0.15, 0.2) is 64.6 Å². The normalized spacial score (nSPS) is 14.7. The van der Waals surface area contributed by atoms with Crippen LogP contribution in [0, 0.1) is 23.2 Å². The average molecular weight is 548 g/mol. The molecule has 0 rings (SSSR count). The number of hydroxylamine groups is 3. The molecule has 0 aliphatic rings. The first-order valence-corrected chi connectivity index (χ1v) is 14.1. The van der Waals surface area contributed by atoms with Crippen molar-refractivity contribution < 1.29 is 14.1 Å². The minimum Gasteiger partial charge on any atom is -0.410 e. The molecule has 0 bridgehead atoms. The highest BCUT2D eigenvalue weighted by Gasteiger charge is 2.19. The van der Waals surface area contributed by atoms with Crippen LogP contribution in [-0.2, 0) is 9.68 Å². The van der Waals surface area contributed by atoms with E-state index in [-0.39, 0.29) is 12.4 Å². The first-order chi connectivity index (χ1) is 18.7. The largest absolute Gasteiger partial charge is 0.410 e. The van der Waals surface area contributed by atoms with Gasteiger partial charge in [-0.05, 0) is 83.9 Å². The highest BCUT2D eigenvalue weighted by Crippen LogP contribution is 2.26. The lowest BCUT2D eigenvalue weighted by atomic mass is 9.84. The van der Waals surface area contributed by atoms with Crippen LogP contribution in [0.4, 0.5) is 4.39 Å². The second-order valence-electron chi connectivity index (χ2n) is 8.94. The maximum atomic E-state index is 13.5. The molecule has 0 saturated heterocycles. The Bertz CT molecular complexity index is 856. The summed E-state index contributed by atoms with van der Waals surface area (Å²) < 4.78 is 13.5. The number of hydrogen-bond donors (Lipinski definition) is 1. The predicted octanol–water partition coefficient (Wildman–Crippen LogP) is 8.20. The van der Waals surface area contributed by atoms with Gasteiger partial charge in [0.15, 0.2) is 11.5 Å². The summed E-state index contributed by atoms with van der Waals surface area (Å²) in [6.07, 6.45) is 15.9. The molecule has 0 spiro atoms. The number of nitrogens with zero attached hydrogens (tertiary/aromatic N) is 4. The summed E-state index contributed by atoms with van der Waals surface area (Å²) >= 11 is 0. The molecule has 222 valence electrons. The molecule has 0 aromatic carbocycles. The lowest BCUT2D eigenvalue weighted by Crippen LogP contribution is -2.28. The fourth-order valence-corrected chi connectivity index (χ4v) is 3.58. The smallest absolute Gasteiger partial charge is 0.161 e. The zero-order valence-corrected chi connectivity index (χ0v) is 26.1. The quantitative estimate of drug-likeness (QED) is 0.0439. The molecule has 0 aliphatic carbocycles. The fraction of sp³-hybridized carbons (Fsp3) is 0.613. The minimum atomic E-state index is -0.298. The van der Waals surface area contributed by atoms with Crippen molar-refractivity contribution in [2.24, 2.45) is 16.9 Å². The van der Waals surface area contributed by atoms with Crippen LogP contribution in [0.2, 0.25) is 0 Å². The first kappa shape index (κ1) is 38.3. The van der Waals surface area contributed by atoms with Crippen LogP contribution in [0.1, 0.15) is 88.0 Å². The molecule has 0 heterocycles. The number of nitriles is 1. The van der Waals surface area contributed by atoms with Crippen molar-refractivity contribution in [1.82, 2.24) is 15.6 Å². The van der Waals surface area contributed by atoms with E-state index in [4.69, 9.17) is 9.68 Å². The van der Waals surface area contributed by atoms with Crippen molar-refractivity contribution in [2.75, 3.05) is 26.7 Å². The van der Waals surface area contributed by atoms with Crippen molar-refractivity contribution in [3.05, 3.63) is 59.5 Å². The zero-order valence-electron chi connectivity index (χ0n) is 26.1. The van der Waals surface area contributed by atoms with Gasteiger partial charge < -0.3 is 9.68 Å². The summed E-state index contributed by atoms with van der Waals surface area (Å²) in [5.74, 6) is 2.01. The Kier molecular flexibility index (Phi) is 24.9. The van der Waals surface area contributed by atoms with E-state index in [1.807, 2.05) is 34.6 Å². The van der Waals surface area contributed by atoms with Crippen LogP contribution in [-0.4, -0.2) is 43.0 Å². The van der Waals surface area contributed by atoms with Gasteiger partial charge in [0.05, 0.1) is 12.6 Å². The van der Waals surface area contributed by atoms with Crippen LogP contribution in [0.3, 0.4) is 0 Å². The van der Waals surface area contributed by atoms with E-state index in [9.17, 15) is 9.65 Å². The number of rotatable bonds is 19. The van der Waals surface area contributed by atoms with Gasteiger partial charge >= 0.3 is 0 Å². The van der Waals surface area contributed by atoms with E-state index in [1.54, 1.807) is 48.6 Å². The summed E-state index contributed by atoms with van der Waals surface area (Å²) in [5, 5.41) is 17.1. The highest BCUT2D eigenvalue weighted by molar-refractivity contribution is 5.52. The monoisotopic (exact) mass is 547 g/mol. The van der Waals surface area contributed by atoms with Gasteiger partial charge in [0.1, 0.15) is 12.4 Å². The second-order valence-corrected chi connectivity index (χ2v) is 8.94. The van der Waals surface area contributed by atoms with Crippen LogP contribution in [0.5, 0.6) is 0 Å². The number of halogens is 1. The lowest BCUT2D eigenvalue weighted by Gasteiger charge is -2.27. The van der Waals surface area contributed by atoms with Gasteiger partial charge in [-0.2, -0.15) is 15.8 Å². The molecule has 0 fully saturated rings. The number of hydrogen-bond acceptors (Lipinski definition) is 7. The van der Waals surface area contributed by atoms with Gasteiger partial charge in [-0.25, -0.2) is 4.39 Å². The number of allylic oxidation sites excluding steroid dienone is 8. The SMILES string of the molecule is CC.C\C=C/C(F)=C\C=C\N(C/C=C(\C)CCC(CCN(CC#N)O/C(C)=C(\C)ONC)C(C)CC)/N=C\C. The fourth-order valence-electron chi connectivity index (χ4n) is 3.58. The van der Waals surface area contributed by atoms with E-state index in [1.165, 1.54) is 17.7 Å². The second kappa shape index (κ2) is 25.4. The average Bonchev–Trinajstić information content (AvgIpc) is 2.92. The van der Waals surface area contributed by atoms with Gasteiger partial charge in [0.25, 0.3) is 0 Å². The van der Waals surface area contributed by atoms with Gasteiger partial charge in [0.2, 0.25) is 0 Å². The molecule has 8 heteroatoms. The first-order valence-electron chi connectivity index (χ1n) is 14.1. The Hall–Kier alpha value is -2.89. The van der Waals surface area contributed by atoms with Gasteiger partial charge in [-0.15, -0.1) is 5.06 Å². The predicted molar refractivity (Wildman–Crippen MR) is 163 cm³/mol. The Morgan fingerprint density at radius 1 is 1.15 bits per heavy atom. The molecule has 0 saturated carbocycles. The van der Waals surface area contributed by atoms with E-state index in [0.717, 1.165) is 25.7 Å². The molecule has 0 amide bonds. The molecule has 7 nitrogen and oxygen atoms in total. The van der Waals surface area contributed by atoms with Crippen molar-refractivity contribution >= 4 is 6.21 Å². The third-order valence-corrected chi connectivity index (χ3v) is 6.10. The van der Waals surface area contributed by atoms with Gasteiger partial charge in [0, 0.05) is 26.0 Å². The molecule has 0 aliphatic heterocycles. The van der Waals surface area contributed by atoms with Gasteiger partial charge in [-0.1, -0.05) is 51.8 Å². The molecular formula is C31H54FN5O2. The maximum Gasteiger partial charge on any atom is 0.161 e. The molecule has 39 heavy (non-hydrogen) atoms. The maximum absolute atomic E-state index is 13.5. The Morgan fingerprint density at radius 2 is 1.85 bits per heavy atom. The lowest BCUT2D eigenvalue weighted by molar-refractivity contribution is -0.118. The van der Waals surface area contributed by atoms with Crippen molar-refractivity contribution in [2.45, 2.75) is 88.0 Å². The molecule has 1 N–H and O–H groups in total. The standard InChI is InChI=1S/C29H48FN5O2.C2H6/c1-9-13-29(30)14-12-20-34(33-11-3)21-17-24(4)15-16-28(25(5)10-2)18-22-35(23-19-31)37-27(7)26(6)36-32-8;1-2/h9,11-14,17,20,25,28,32H,10,15-16,18,21-23H2,1-8H3;1-2H3/b13-9-,20-12+,24-17+,27-26+,29-14+,33-11-;. The van der Waals surface area contributed by atoms with Crippen LogP contribution in [0.25, 0.3) is 0 Å².